The molecular weight excluding hydrogens is 243 g/mol. The van der Waals surface area contributed by atoms with Gasteiger partial charge in [-0.05, 0) is 62.0 Å². The molecule has 1 aromatic carbocycles. The lowest BCUT2D eigenvalue weighted by atomic mass is 9.88. The summed E-state index contributed by atoms with van der Waals surface area (Å²) in [6.07, 6.45) is 1.14. The number of aryl methyl sites for hydroxylation is 1. The predicted molar refractivity (Wildman–Crippen MR) is 73.6 cm³/mol. The maximum atomic E-state index is 13.3. The SMILES string of the molecule is Cc1cc(F)cc(C(=O)NCC2CNCCC2C)c1. The van der Waals surface area contributed by atoms with E-state index >= 15 is 0 Å². The second kappa shape index (κ2) is 6.15. The lowest BCUT2D eigenvalue weighted by Crippen LogP contribution is -2.42. The van der Waals surface area contributed by atoms with Crippen molar-refractivity contribution in [3.05, 3.63) is 35.1 Å². The van der Waals surface area contributed by atoms with Gasteiger partial charge in [0.25, 0.3) is 5.91 Å². The molecular formula is C15H21FN2O. The predicted octanol–water partition coefficient (Wildman–Crippen LogP) is 2.11. The van der Waals surface area contributed by atoms with Gasteiger partial charge in [0, 0.05) is 12.1 Å². The van der Waals surface area contributed by atoms with Gasteiger partial charge in [-0.2, -0.15) is 0 Å². The number of hydrogen-bond acceptors (Lipinski definition) is 2. The lowest BCUT2D eigenvalue weighted by molar-refractivity contribution is 0.0938. The number of piperidine rings is 1. The van der Waals surface area contributed by atoms with E-state index < -0.39 is 0 Å². The topological polar surface area (TPSA) is 41.1 Å². The van der Waals surface area contributed by atoms with E-state index in [4.69, 9.17) is 0 Å². The Morgan fingerprint density at radius 2 is 2.26 bits per heavy atom. The maximum absolute atomic E-state index is 13.3. The van der Waals surface area contributed by atoms with Gasteiger partial charge in [0.1, 0.15) is 5.82 Å². The molecule has 1 heterocycles. The fourth-order valence-corrected chi connectivity index (χ4v) is 2.52. The molecule has 1 fully saturated rings. The molecule has 4 heteroatoms. The van der Waals surface area contributed by atoms with Gasteiger partial charge in [-0.3, -0.25) is 4.79 Å². The first-order valence-electron chi connectivity index (χ1n) is 6.82. The Balaban J connectivity index is 1.93. The van der Waals surface area contributed by atoms with Gasteiger partial charge >= 0.3 is 0 Å². The van der Waals surface area contributed by atoms with Crippen LogP contribution in [0, 0.1) is 24.6 Å². The zero-order valence-electron chi connectivity index (χ0n) is 11.5. The molecule has 1 aliphatic heterocycles. The molecule has 3 nitrogen and oxygen atoms in total. The number of carbonyl (C=O) groups excluding carboxylic acids is 1. The van der Waals surface area contributed by atoms with Crippen LogP contribution in [0.1, 0.15) is 29.3 Å². The van der Waals surface area contributed by atoms with Crippen molar-refractivity contribution in [2.75, 3.05) is 19.6 Å². The van der Waals surface area contributed by atoms with Crippen LogP contribution in [0.15, 0.2) is 18.2 Å². The first kappa shape index (κ1) is 14.0. The van der Waals surface area contributed by atoms with Gasteiger partial charge < -0.3 is 10.6 Å². The number of nitrogens with one attached hydrogen (secondary N) is 2. The minimum atomic E-state index is -0.363. The van der Waals surface area contributed by atoms with Crippen LogP contribution < -0.4 is 10.6 Å². The molecule has 0 radical (unpaired) electrons. The van der Waals surface area contributed by atoms with Crippen LogP contribution >= 0.6 is 0 Å². The zero-order valence-corrected chi connectivity index (χ0v) is 11.5. The summed E-state index contributed by atoms with van der Waals surface area (Å²) in [5.74, 6) is 0.501. The van der Waals surface area contributed by atoms with Crippen LogP contribution in [0.4, 0.5) is 4.39 Å². The monoisotopic (exact) mass is 264 g/mol. The largest absolute Gasteiger partial charge is 0.352 e. The van der Waals surface area contributed by atoms with Gasteiger partial charge in [0.2, 0.25) is 0 Å². The molecule has 2 unspecified atom stereocenters. The molecule has 0 saturated carbocycles. The van der Waals surface area contributed by atoms with E-state index in [2.05, 4.69) is 17.6 Å². The van der Waals surface area contributed by atoms with E-state index in [9.17, 15) is 9.18 Å². The lowest BCUT2D eigenvalue weighted by Gasteiger charge is -2.29. The summed E-state index contributed by atoms with van der Waals surface area (Å²) < 4.78 is 13.3. The van der Waals surface area contributed by atoms with Crippen LogP contribution in [-0.4, -0.2) is 25.5 Å². The van der Waals surface area contributed by atoms with Crippen molar-refractivity contribution in [1.29, 1.82) is 0 Å². The van der Waals surface area contributed by atoms with Gasteiger partial charge in [-0.25, -0.2) is 4.39 Å². The standard InChI is InChI=1S/C15H21FN2O/c1-10-5-12(7-14(16)6-10)15(19)18-9-13-8-17-4-3-11(13)2/h5-7,11,13,17H,3-4,8-9H2,1-2H3,(H,18,19). The van der Waals surface area contributed by atoms with E-state index in [1.54, 1.807) is 13.0 Å². The summed E-state index contributed by atoms with van der Waals surface area (Å²) in [6, 6.07) is 4.41. The highest BCUT2D eigenvalue weighted by Crippen LogP contribution is 2.17. The molecule has 19 heavy (non-hydrogen) atoms. The summed E-state index contributed by atoms with van der Waals surface area (Å²) in [7, 11) is 0. The molecule has 1 amide bonds. The fraction of sp³-hybridized carbons (Fsp3) is 0.533. The van der Waals surface area contributed by atoms with Crippen molar-refractivity contribution in [3.8, 4) is 0 Å². The third-order valence-corrected chi connectivity index (χ3v) is 3.82. The minimum absolute atomic E-state index is 0.194. The Labute approximate surface area is 113 Å². The van der Waals surface area contributed by atoms with Crippen molar-refractivity contribution in [3.63, 3.8) is 0 Å². The van der Waals surface area contributed by atoms with Crippen LogP contribution in [0.2, 0.25) is 0 Å². The van der Waals surface area contributed by atoms with Crippen LogP contribution in [0.5, 0.6) is 0 Å². The highest BCUT2D eigenvalue weighted by molar-refractivity contribution is 5.94. The summed E-state index contributed by atoms with van der Waals surface area (Å²) >= 11 is 0. The first-order valence-corrected chi connectivity index (χ1v) is 6.82. The molecule has 0 bridgehead atoms. The Hall–Kier alpha value is -1.42. The minimum Gasteiger partial charge on any atom is -0.352 e. The average Bonchev–Trinajstić information content (AvgIpc) is 2.36. The Morgan fingerprint density at radius 3 is 2.95 bits per heavy atom. The average molecular weight is 264 g/mol. The molecule has 0 aromatic heterocycles. The van der Waals surface area contributed by atoms with E-state index in [1.165, 1.54) is 12.1 Å². The summed E-state index contributed by atoms with van der Waals surface area (Å²) in [4.78, 5) is 12.0. The van der Waals surface area contributed by atoms with E-state index in [-0.39, 0.29) is 11.7 Å². The Kier molecular flexibility index (Phi) is 4.53. The van der Waals surface area contributed by atoms with Crippen molar-refractivity contribution < 1.29 is 9.18 Å². The van der Waals surface area contributed by atoms with Crippen LogP contribution in [0.3, 0.4) is 0 Å². The second-order valence-electron chi connectivity index (χ2n) is 5.46. The molecule has 0 aliphatic carbocycles. The van der Waals surface area contributed by atoms with Crippen molar-refractivity contribution >= 4 is 5.91 Å². The molecule has 2 atom stereocenters. The summed E-state index contributed by atoms with van der Waals surface area (Å²) in [5.41, 5.74) is 1.16. The first-order chi connectivity index (χ1) is 9.06. The van der Waals surface area contributed by atoms with Crippen molar-refractivity contribution in [2.45, 2.75) is 20.3 Å². The number of carbonyl (C=O) groups is 1. The molecule has 0 spiro atoms. The summed E-state index contributed by atoms with van der Waals surface area (Å²) in [5, 5.41) is 6.24. The van der Waals surface area contributed by atoms with Gasteiger partial charge in [0.15, 0.2) is 0 Å². The van der Waals surface area contributed by atoms with E-state index in [0.29, 0.717) is 23.9 Å². The molecule has 2 N–H and O–H groups in total. The number of rotatable bonds is 3. The molecule has 1 aromatic rings. The molecule has 1 saturated heterocycles. The van der Waals surface area contributed by atoms with Crippen molar-refractivity contribution in [2.24, 2.45) is 11.8 Å². The highest BCUT2D eigenvalue weighted by atomic mass is 19.1. The van der Waals surface area contributed by atoms with Crippen LogP contribution in [0.25, 0.3) is 0 Å². The third kappa shape index (κ3) is 3.77. The maximum Gasteiger partial charge on any atom is 0.251 e. The molecule has 104 valence electrons. The third-order valence-electron chi connectivity index (χ3n) is 3.82. The van der Waals surface area contributed by atoms with Gasteiger partial charge in [0.05, 0.1) is 0 Å². The molecule has 1 aliphatic rings. The fourth-order valence-electron chi connectivity index (χ4n) is 2.52. The Bertz CT molecular complexity index is 441. The second-order valence-corrected chi connectivity index (χ2v) is 5.46. The Morgan fingerprint density at radius 1 is 1.47 bits per heavy atom. The summed E-state index contributed by atoms with van der Waals surface area (Å²) in [6.45, 7) is 6.62. The highest BCUT2D eigenvalue weighted by Gasteiger charge is 2.21. The number of halogens is 1. The smallest absolute Gasteiger partial charge is 0.251 e. The van der Waals surface area contributed by atoms with Gasteiger partial charge in [-0.15, -0.1) is 0 Å². The normalized spacial score (nSPS) is 23.1. The molecule has 2 rings (SSSR count). The number of hydrogen-bond donors (Lipinski definition) is 2. The number of amides is 1. The van der Waals surface area contributed by atoms with Gasteiger partial charge in [-0.1, -0.05) is 6.92 Å². The van der Waals surface area contributed by atoms with E-state index in [0.717, 1.165) is 25.1 Å². The quantitative estimate of drug-likeness (QED) is 0.878. The van der Waals surface area contributed by atoms with Crippen LogP contribution in [-0.2, 0) is 0 Å². The zero-order chi connectivity index (χ0) is 13.8. The van der Waals surface area contributed by atoms with E-state index in [1.807, 2.05) is 0 Å². The van der Waals surface area contributed by atoms with Crippen molar-refractivity contribution in [1.82, 2.24) is 10.6 Å². The number of benzene rings is 1.